The summed E-state index contributed by atoms with van der Waals surface area (Å²) in [6.45, 7) is 2.44. The highest BCUT2D eigenvalue weighted by atomic mass is 79.9. The number of hydrogen-bond acceptors (Lipinski definition) is 3. The molecule has 0 saturated carbocycles. The summed E-state index contributed by atoms with van der Waals surface area (Å²) in [5, 5.41) is 0. The van der Waals surface area contributed by atoms with Crippen LogP contribution in [0.3, 0.4) is 0 Å². The van der Waals surface area contributed by atoms with Crippen molar-refractivity contribution in [2.24, 2.45) is 0 Å². The summed E-state index contributed by atoms with van der Waals surface area (Å²) in [5.74, 6) is 0. The molecule has 18 heavy (non-hydrogen) atoms. The van der Waals surface area contributed by atoms with Crippen molar-refractivity contribution in [2.75, 3.05) is 0 Å². The van der Waals surface area contributed by atoms with Gasteiger partial charge in [-0.25, -0.2) is 4.98 Å². The van der Waals surface area contributed by atoms with Gasteiger partial charge in [-0.05, 0) is 28.4 Å². The first-order valence-corrected chi connectivity index (χ1v) is 6.31. The number of ether oxygens (including phenoxy) is 1. The second kappa shape index (κ2) is 5.93. The van der Waals surface area contributed by atoms with Crippen molar-refractivity contribution >= 4 is 15.9 Å². The minimum atomic E-state index is -0.129. The Bertz CT molecular complexity index is 581. The van der Waals surface area contributed by atoms with Gasteiger partial charge in [0, 0.05) is 0 Å². The van der Waals surface area contributed by atoms with Gasteiger partial charge in [-0.1, -0.05) is 30.3 Å². The molecule has 1 aromatic heterocycles. The van der Waals surface area contributed by atoms with Crippen LogP contribution in [0.2, 0.25) is 0 Å². The first kappa shape index (κ1) is 13.0. The molecule has 0 N–H and O–H groups in total. The molecule has 0 aliphatic heterocycles. The highest BCUT2D eigenvalue weighted by molar-refractivity contribution is 9.10. The molecule has 1 aromatic carbocycles. The Morgan fingerprint density at radius 3 is 2.78 bits per heavy atom. The summed E-state index contributed by atoms with van der Waals surface area (Å²) in [6.07, 6.45) is 1.49. The second-order valence-corrected chi connectivity index (χ2v) is 4.68. The molecule has 0 amide bonds. The topological polar surface area (TPSA) is 44.1 Å². The molecule has 94 valence electrons. The number of hydrogen-bond donors (Lipinski definition) is 0. The van der Waals surface area contributed by atoms with Crippen LogP contribution in [0.5, 0.6) is 0 Å². The third-order valence-electron chi connectivity index (χ3n) is 2.50. The summed E-state index contributed by atoms with van der Waals surface area (Å²) in [4.78, 5) is 15.9. The van der Waals surface area contributed by atoms with Crippen LogP contribution in [0.25, 0.3) is 0 Å². The highest BCUT2D eigenvalue weighted by Gasteiger charge is 2.04. The van der Waals surface area contributed by atoms with Gasteiger partial charge >= 0.3 is 0 Å². The van der Waals surface area contributed by atoms with E-state index in [4.69, 9.17) is 4.74 Å². The van der Waals surface area contributed by atoms with Crippen molar-refractivity contribution < 1.29 is 4.74 Å². The molecule has 0 saturated heterocycles. The SMILES string of the molecule is Cc1ncn(COCc2ccccc2)c(=O)c1Br. The van der Waals surface area contributed by atoms with E-state index < -0.39 is 0 Å². The van der Waals surface area contributed by atoms with Gasteiger partial charge in [0.05, 0.1) is 18.6 Å². The number of nitrogens with zero attached hydrogens (tertiary/aromatic N) is 2. The third kappa shape index (κ3) is 3.05. The smallest absolute Gasteiger partial charge is 0.269 e. The Hall–Kier alpha value is -1.46. The lowest BCUT2D eigenvalue weighted by Crippen LogP contribution is -2.23. The minimum Gasteiger partial charge on any atom is -0.356 e. The van der Waals surface area contributed by atoms with Crippen LogP contribution in [0.1, 0.15) is 11.3 Å². The van der Waals surface area contributed by atoms with E-state index in [2.05, 4.69) is 20.9 Å². The molecular formula is C13H13BrN2O2. The number of aryl methyl sites for hydroxylation is 1. The number of rotatable bonds is 4. The summed E-state index contributed by atoms with van der Waals surface area (Å²) >= 11 is 3.22. The van der Waals surface area contributed by atoms with Gasteiger partial charge in [-0.2, -0.15) is 0 Å². The minimum absolute atomic E-state index is 0.129. The van der Waals surface area contributed by atoms with E-state index in [1.54, 1.807) is 6.92 Å². The Morgan fingerprint density at radius 1 is 1.33 bits per heavy atom. The molecular weight excluding hydrogens is 296 g/mol. The van der Waals surface area contributed by atoms with Gasteiger partial charge in [-0.15, -0.1) is 0 Å². The first-order valence-electron chi connectivity index (χ1n) is 5.51. The predicted octanol–water partition coefficient (Wildman–Crippen LogP) is 2.49. The molecule has 0 fully saturated rings. The maximum absolute atomic E-state index is 11.8. The Labute approximate surface area is 113 Å². The summed E-state index contributed by atoms with van der Waals surface area (Å²) < 4.78 is 7.39. The monoisotopic (exact) mass is 308 g/mol. The lowest BCUT2D eigenvalue weighted by molar-refractivity contribution is 0.0608. The first-order chi connectivity index (χ1) is 8.68. The van der Waals surface area contributed by atoms with E-state index >= 15 is 0 Å². The van der Waals surface area contributed by atoms with Crippen LogP contribution in [0.4, 0.5) is 0 Å². The average molecular weight is 309 g/mol. The van der Waals surface area contributed by atoms with E-state index in [1.165, 1.54) is 10.9 Å². The van der Waals surface area contributed by atoms with Gasteiger partial charge in [0.2, 0.25) is 0 Å². The summed E-state index contributed by atoms with van der Waals surface area (Å²) in [7, 11) is 0. The fraction of sp³-hybridized carbons (Fsp3) is 0.231. The maximum Gasteiger partial charge on any atom is 0.269 e. The van der Waals surface area contributed by atoms with Gasteiger partial charge in [0.25, 0.3) is 5.56 Å². The van der Waals surface area contributed by atoms with Gasteiger partial charge < -0.3 is 4.74 Å². The standard InChI is InChI=1S/C13H13BrN2O2/c1-10-12(14)13(17)16(8-15-10)9-18-7-11-5-3-2-4-6-11/h2-6,8H,7,9H2,1H3. The van der Waals surface area contributed by atoms with Crippen molar-refractivity contribution in [3.63, 3.8) is 0 Å². The Morgan fingerprint density at radius 2 is 2.06 bits per heavy atom. The van der Waals surface area contributed by atoms with Crippen LogP contribution in [0, 0.1) is 6.92 Å². The zero-order chi connectivity index (χ0) is 13.0. The van der Waals surface area contributed by atoms with Crippen LogP contribution in [-0.2, 0) is 18.1 Å². The Balaban J connectivity index is 1.99. The molecule has 0 atom stereocenters. The van der Waals surface area contributed by atoms with Gasteiger partial charge in [0.15, 0.2) is 0 Å². The normalized spacial score (nSPS) is 10.6. The van der Waals surface area contributed by atoms with E-state index in [0.717, 1.165) is 5.56 Å². The Kier molecular flexibility index (Phi) is 4.28. The molecule has 2 aromatic rings. The van der Waals surface area contributed by atoms with Crippen molar-refractivity contribution in [3.8, 4) is 0 Å². The second-order valence-electron chi connectivity index (χ2n) is 3.88. The molecule has 4 nitrogen and oxygen atoms in total. The fourth-order valence-electron chi connectivity index (χ4n) is 1.47. The van der Waals surface area contributed by atoms with Crippen molar-refractivity contribution in [2.45, 2.75) is 20.3 Å². The zero-order valence-electron chi connectivity index (χ0n) is 9.97. The van der Waals surface area contributed by atoms with Crippen LogP contribution < -0.4 is 5.56 Å². The molecule has 0 radical (unpaired) electrons. The van der Waals surface area contributed by atoms with E-state index in [9.17, 15) is 4.79 Å². The molecule has 0 aliphatic rings. The average Bonchev–Trinajstić information content (AvgIpc) is 2.40. The highest BCUT2D eigenvalue weighted by Crippen LogP contribution is 2.06. The molecule has 5 heteroatoms. The predicted molar refractivity (Wildman–Crippen MR) is 72.2 cm³/mol. The van der Waals surface area contributed by atoms with Crippen molar-refractivity contribution in [1.29, 1.82) is 0 Å². The van der Waals surface area contributed by atoms with Crippen LogP contribution in [0.15, 0.2) is 45.9 Å². The number of benzene rings is 1. The van der Waals surface area contributed by atoms with E-state index in [0.29, 0.717) is 16.8 Å². The molecule has 0 bridgehead atoms. The summed E-state index contributed by atoms with van der Waals surface area (Å²) in [6, 6.07) is 9.82. The maximum atomic E-state index is 11.8. The quantitative estimate of drug-likeness (QED) is 0.871. The third-order valence-corrected chi connectivity index (χ3v) is 3.41. The van der Waals surface area contributed by atoms with E-state index in [1.807, 2.05) is 30.3 Å². The molecule has 0 aliphatic carbocycles. The fourth-order valence-corrected chi connectivity index (χ4v) is 1.80. The van der Waals surface area contributed by atoms with Gasteiger partial charge in [0.1, 0.15) is 11.2 Å². The summed E-state index contributed by atoms with van der Waals surface area (Å²) in [5.41, 5.74) is 1.62. The molecule has 0 unspecified atom stereocenters. The largest absolute Gasteiger partial charge is 0.356 e. The number of aromatic nitrogens is 2. The lowest BCUT2D eigenvalue weighted by Gasteiger charge is -2.08. The molecule has 0 spiro atoms. The lowest BCUT2D eigenvalue weighted by atomic mass is 10.2. The van der Waals surface area contributed by atoms with Crippen LogP contribution in [-0.4, -0.2) is 9.55 Å². The van der Waals surface area contributed by atoms with Crippen molar-refractivity contribution in [3.05, 3.63) is 62.7 Å². The number of halogens is 1. The van der Waals surface area contributed by atoms with Gasteiger partial charge in [-0.3, -0.25) is 9.36 Å². The van der Waals surface area contributed by atoms with Crippen molar-refractivity contribution in [1.82, 2.24) is 9.55 Å². The van der Waals surface area contributed by atoms with Crippen LogP contribution >= 0.6 is 15.9 Å². The molecule has 1 heterocycles. The zero-order valence-corrected chi connectivity index (χ0v) is 11.6. The van der Waals surface area contributed by atoms with E-state index in [-0.39, 0.29) is 12.3 Å². The molecule has 2 rings (SSSR count).